The summed E-state index contributed by atoms with van der Waals surface area (Å²) in [6.45, 7) is 0. The molecule has 0 fully saturated rings. The van der Waals surface area contributed by atoms with Gasteiger partial charge in [0.1, 0.15) is 0 Å². The predicted molar refractivity (Wildman–Crippen MR) is 22.8 cm³/mol. The highest BCUT2D eigenvalue weighted by atomic mass is 15.4. The molecule has 0 amide bonds. The first kappa shape index (κ1) is 3.21. The molecule has 0 saturated heterocycles. The third-order valence-electron chi connectivity index (χ3n) is 0.425. The lowest BCUT2D eigenvalue weighted by Crippen LogP contribution is -2.26. The lowest BCUT2D eigenvalue weighted by molar-refractivity contribution is 0.818. The van der Waals surface area contributed by atoms with Gasteiger partial charge in [0, 0.05) is 12.4 Å². The van der Waals surface area contributed by atoms with E-state index in [9.17, 15) is 0 Å². The first-order valence-electron chi connectivity index (χ1n) is 1.60. The number of nitrogens with zero attached hydrogens (tertiary/aromatic N) is 1. The Balaban J connectivity index is 2.46. The lowest BCUT2D eigenvalue weighted by Gasteiger charge is -1.96. The number of hydrogen-bond acceptors (Lipinski definition) is 3. The Kier molecular flexibility index (Phi) is 0.774. The first-order chi connectivity index (χ1) is 3.00. The molecule has 2 N–H and O–H groups in total. The SMILES string of the molecule is [C]1=NC=CNN1. The summed E-state index contributed by atoms with van der Waals surface area (Å²) in [5.74, 6) is 0. The van der Waals surface area contributed by atoms with Crippen molar-refractivity contribution in [3.63, 3.8) is 0 Å². The second-order valence-corrected chi connectivity index (χ2v) is 0.826. The fourth-order valence-electron chi connectivity index (χ4n) is 0.218. The molecule has 0 saturated carbocycles. The minimum atomic E-state index is 1.61. The van der Waals surface area contributed by atoms with Crippen molar-refractivity contribution in [2.75, 3.05) is 0 Å². The third-order valence-corrected chi connectivity index (χ3v) is 0.425. The fraction of sp³-hybridized carbons (Fsp3) is 0. The zero-order valence-electron chi connectivity index (χ0n) is 3.10. The van der Waals surface area contributed by atoms with Gasteiger partial charge >= 0.3 is 0 Å². The van der Waals surface area contributed by atoms with Crippen LogP contribution in [-0.4, -0.2) is 6.34 Å². The molecule has 1 radical (unpaired) electrons. The van der Waals surface area contributed by atoms with Gasteiger partial charge in [-0.2, -0.15) is 0 Å². The summed E-state index contributed by atoms with van der Waals surface area (Å²) in [7, 11) is 0. The maximum absolute atomic E-state index is 3.57. The molecular weight excluding hydrogens is 78.1 g/mol. The fourth-order valence-corrected chi connectivity index (χ4v) is 0.218. The van der Waals surface area contributed by atoms with Crippen molar-refractivity contribution in [1.29, 1.82) is 0 Å². The van der Waals surface area contributed by atoms with Crippen LogP contribution in [0.3, 0.4) is 0 Å². The number of hydrazine groups is 1. The van der Waals surface area contributed by atoms with Gasteiger partial charge in [-0.05, 0) is 0 Å². The molecule has 1 heterocycles. The van der Waals surface area contributed by atoms with Gasteiger partial charge in [0.2, 0.25) is 0 Å². The van der Waals surface area contributed by atoms with E-state index in [1.807, 2.05) is 0 Å². The zero-order valence-corrected chi connectivity index (χ0v) is 3.10. The largest absolute Gasteiger partial charge is 0.305 e. The second kappa shape index (κ2) is 1.45. The van der Waals surface area contributed by atoms with Crippen molar-refractivity contribution in [1.82, 2.24) is 10.9 Å². The molecule has 0 bridgehead atoms. The second-order valence-electron chi connectivity index (χ2n) is 0.826. The van der Waals surface area contributed by atoms with Crippen molar-refractivity contribution in [2.45, 2.75) is 0 Å². The summed E-state index contributed by atoms with van der Waals surface area (Å²) in [4.78, 5) is 3.57. The summed E-state index contributed by atoms with van der Waals surface area (Å²) in [6.07, 6.45) is 5.75. The Morgan fingerprint density at radius 2 is 2.67 bits per heavy atom. The predicted octanol–water partition coefficient (Wildman–Crippen LogP) is -0.529. The average Bonchev–Trinajstić information content (AvgIpc) is 1.72. The van der Waals surface area contributed by atoms with Gasteiger partial charge in [0.15, 0.2) is 6.34 Å². The maximum atomic E-state index is 3.57. The Labute approximate surface area is 35.7 Å². The minimum absolute atomic E-state index is 1.61. The van der Waals surface area contributed by atoms with E-state index in [1.54, 1.807) is 12.4 Å². The lowest BCUT2D eigenvalue weighted by atomic mass is 10.9. The molecule has 1 rings (SSSR count). The molecule has 0 aromatic rings. The normalized spacial score (nSPS) is 16.0. The number of rotatable bonds is 0. The van der Waals surface area contributed by atoms with Gasteiger partial charge in [0.05, 0.1) is 0 Å². The quantitative estimate of drug-likeness (QED) is 0.412. The molecule has 1 aliphatic heterocycles. The zero-order chi connectivity index (χ0) is 4.24. The Morgan fingerprint density at radius 3 is 2.83 bits per heavy atom. The van der Waals surface area contributed by atoms with Crippen LogP contribution in [0.15, 0.2) is 17.4 Å². The maximum Gasteiger partial charge on any atom is 0.189 e. The van der Waals surface area contributed by atoms with Gasteiger partial charge < -0.3 is 5.43 Å². The summed E-state index contributed by atoms with van der Waals surface area (Å²) in [5, 5.41) is 0. The van der Waals surface area contributed by atoms with E-state index in [4.69, 9.17) is 0 Å². The van der Waals surface area contributed by atoms with E-state index >= 15 is 0 Å². The molecule has 3 nitrogen and oxygen atoms in total. The molecule has 0 aromatic heterocycles. The summed E-state index contributed by atoms with van der Waals surface area (Å²) in [6, 6.07) is 0. The smallest absolute Gasteiger partial charge is 0.189 e. The number of aliphatic imine (C=N–C) groups is 1. The molecule has 3 heteroatoms. The highest BCUT2D eigenvalue weighted by Gasteiger charge is 1.72. The van der Waals surface area contributed by atoms with Crippen molar-refractivity contribution in [2.24, 2.45) is 4.99 Å². The van der Waals surface area contributed by atoms with Crippen LogP contribution in [0.4, 0.5) is 0 Å². The van der Waals surface area contributed by atoms with Crippen LogP contribution in [0.1, 0.15) is 0 Å². The van der Waals surface area contributed by atoms with E-state index < -0.39 is 0 Å². The van der Waals surface area contributed by atoms with Crippen LogP contribution in [0.25, 0.3) is 0 Å². The highest BCUT2D eigenvalue weighted by molar-refractivity contribution is 5.55. The molecule has 6 heavy (non-hydrogen) atoms. The molecule has 31 valence electrons. The molecular formula is C3H4N3. The number of hydrogen-bond donors (Lipinski definition) is 2. The van der Waals surface area contributed by atoms with E-state index in [0.717, 1.165) is 0 Å². The molecule has 0 aromatic carbocycles. The van der Waals surface area contributed by atoms with Gasteiger partial charge in [-0.15, -0.1) is 0 Å². The Morgan fingerprint density at radius 1 is 1.67 bits per heavy atom. The molecule has 0 unspecified atom stereocenters. The molecule has 0 spiro atoms. The van der Waals surface area contributed by atoms with E-state index in [2.05, 4.69) is 22.2 Å². The monoisotopic (exact) mass is 82.0 g/mol. The molecule has 0 atom stereocenters. The van der Waals surface area contributed by atoms with Crippen LogP contribution < -0.4 is 10.9 Å². The number of nitrogens with one attached hydrogen (secondary N) is 2. The highest BCUT2D eigenvalue weighted by Crippen LogP contribution is 1.68. The topological polar surface area (TPSA) is 36.4 Å². The van der Waals surface area contributed by atoms with Gasteiger partial charge in [-0.3, -0.25) is 5.43 Å². The van der Waals surface area contributed by atoms with Gasteiger partial charge in [-0.1, -0.05) is 0 Å². The van der Waals surface area contributed by atoms with Crippen molar-refractivity contribution >= 4 is 6.34 Å². The van der Waals surface area contributed by atoms with E-state index in [1.165, 1.54) is 0 Å². The van der Waals surface area contributed by atoms with Crippen LogP contribution in [0, 0.1) is 0 Å². The van der Waals surface area contributed by atoms with E-state index in [0.29, 0.717) is 0 Å². The Hall–Kier alpha value is -0.990. The molecule has 0 aliphatic carbocycles. The van der Waals surface area contributed by atoms with Crippen molar-refractivity contribution < 1.29 is 0 Å². The Bertz CT molecular complexity index is 72.0. The molecule has 1 aliphatic rings. The standard InChI is InChI=1S/C3H4N3/c1-2-5-6-3-4-1/h1-2,5H,(H,4,6). The summed E-state index contributed by atoms with van der Waals surface area (Å²) >= 11 is 0. The van der Waals surface area contributed by atoms with Crippen LogP contribution in [-0.2, 0) is 0 Å². The van der Waals surface area contributed by atoms with Crippen LogP contribution in [0.5, 0.6) is 0 Å². The summed E-state index contributed by atoms with van der Waals surface area (Å²) < 4.78 is 0. The average molecular weight is 82.1 g/mol. The van der Waals surface area contributed by atoms with Crippen molar-refractivity contribution in [3.8, 4) is 0 Å². The van der Waals surface area contributed by atoms with Gasteiger partial charge in [-0.25, -0.2) is 4.99 Å². The minimum Gasteiger partial charge on any atom is -0.305 e. The van der Waals surface area contributed by atoms with E-state index in [-0.39, 0.29) is 0 Å². The van der Waals surface area contributed by atoms with Crippen LogP contribution in [0.2, 0.25) is 0 Å². The third kappa shape index (κ3) is 0.484. The van der Waals surface area contributed by atoms with Crippen LogP contribution >= 0.6 is 0 Å². The van der Waals surface area contributed by atoms with Crippen molar-refractivity contribution in [3.05, 3.63) is 12.4 Å². The first-order valence-corrected chi connectivity index (χ1v) is 1.60. The summed E-state index contributed by atoms with van der Waals surface area (Å²) in [5.41, 5.74) is 5.18. The van der Waals surface area contributed by atoms with Gasteiger partial charge in [0.25, 0.3) is 0 Å².